The first-order valence-electron chi connectivity index (χ1n) is 12.2. The van der Waals surface area contributed by atoms with Gasteiger partial charge in [-0.05, 0) is 60.0 Å². The van der Waals surface area contributed by atoms with Crippen LogP contribution in [0.1, 0.15) is 42.5 Å². The molecule has 2 aliphatic rings. The van der Waals surface area contributed by atoms with E-state index in [0.29, 0.717) is 36.1 Å². The zero-order valence-electron chi connectivity index (χ0n) is 21.1. The van der Waals surface area contributed by atoms with Crippen molar-refractivity contribution in [1.29, 1.82) is 0 Å². The maximum atomic E-state index is 12.7. The number of carbonyl (C=O) groups is 1. The molecule has 36 heavy (non-hydrogen) atoms. The molecular weight excluding hydrogens is 472 g/mol. The molecule has 2 heterocycles. The number of hydrogen-bond donors (Lipinski definition) is 1. The maximum Gasteiger partial charge on any atom is 0.223 e. The van der Waals surface area contributed by atoms with E-state index in [2.05, 4.69) is 61.3 Å². The smallest absolute Gasteiger partial charge is 0.223 e. The van der Waals surface area contributed by atoms with Gasteiger partial charge in [-0.3, -0.25) is 4.79 Å². The third-order valence-corrected chi connectivity index (χ3v) is 7.61. The lowest BCUT2D eigenvalue weighted by Crippen LogP contribution is -2.68. The number of anilines is 1. The number of carbonyl (C=O) groups excluding carboxylic acids is 1. The van der Waals surface area contributed by atoms with Gasteiger partial charge in [-0.25, -0.2) is 0 Å². The van der Waals surface area contributed by atoms with Gasteiger partial charge < -0.3 is 19.7 Å². The van der Waals surface area contributed by atoms with Crippen molar-refractivity contribution >= 4 is 29.3 Å². The Morgan fingerprint density at radius 3 is 2.69 bits per heavy atom. The zero-order chi connectivity index (χ0) is 25.5. The quantitative estimate of drug-likeness (QED) is 0.432. The van der Waals surface area contributed by atoms with Crippen molar-refractivity contribution in [2.75, 3.05) is 18.6 Å². The lowest BCUT2D eigenvalue weighted by molar-refractivity contribution is -0.124. The van der Waals surface area contributed by atoms with Crippen LogP contribution in [-0.4, -0.2) is 25.2 Å². The average molecular weight is 503 g/mol. The fourth-order valence-corrected chi connectivity index (χ4v) is 5.59. The minimum absolute atomic E-state index is 0.0656. The number of ether oxygens (including phenoxy) is 2. The van der Waals surface area contributed by atoms with Crippen molar-refractivity contribution in [3.63, 3.8) is 0 Å². The molecule has 0 unspecified atom stereocenters. The molecule has 1 amide bonds. The summed E-state index contributed by atoms with van der Waals surface area (Å²) in [5, 5.41) is 4.01. The maximum absolute atomic E-state index is 12.7. The van der Waals surface area contributed by atoms with Crippen LogP contribution in [0.3, 0.4) is 0 Å². The molecule has 5 nitrogen and oxygen atoms in total. The highest BCUT2D eigenvalue weighted by atomic mass is 35.5. The summed E-state index contributed by atoms with van der Waals surface area (Å²) in [6.07, 6.45) is 4.66. The van der Waals surface area contributed by atoms with E-state index in [1.807, 2.05) is 42.5 Å². The molecule has 1 atom stereocenters. The second-order valence-corrected chi connectivity index (χ2v) is 10.5. The van der Waals surface area contributed by atoms with Crippen LogP contribution < -0.4 is 19.7 Å². The number of benzene rings is 3. The molecule has 0 saturated carbocycles. The second kappa shape index (κ2) is 9.21. The van der Waals surface area contributed by atoms with Gasteiger partial charge in [0.2, 0.25) is 5.91 Å². The van der Waals surface area contributed by atoms with E-state index >= 15 is 0 Å². The van der Waals surface area contributed by atoms with Gasteiger partial charge in [0.05, 0.1) is 7.11 Å². The fourth-order valence-electron chi connectivity index (χ4n) is 5.38. The van der Waals surface area contributed by atoms with Crippen molar-refractivity contribution in [3.05, 3.63) is 94.0 Å². The molecule has 0 bridgehead atoms. The number of methoxy groups -OCH3 is 1. The lowest BCUT2D eigenvalue weighted by Gasteiger charge is -2.49. The molecule has 186 valence electrons. The molecule has 1 saturated heterocycles. The van der Waals surface area contributed by atoms with Gasteiger partial charge in [0.25, 0.3) is 0 Å². The number of nitrogens with zero attached hydrogens (tertiary/aromatic N) is 1. The Hall–Kier alpha value is -3.44. The Labute approximate surface area is 217 Å². The third-order valence-electron chi connectivity index (χ3n) is 7.38. The van der Waals surface area contributed by atoms with Crippen molar-refractivity contribution in [1.82, 2.24) is 5.32 Å². The van der Waals surface area contributed by atoms with Crippen LogP contribution in [0.2, 0.25) is 5.02 Å². The molecule has 1 fully saturated rings. The molecule has 6 heteroatoms. The van der Waals surface area contributed by atoms with E-state index < -0.39 is 5.66 Å². The number of aryl methyl sites for hydroxylation is 1. The molecule has 5 rings (SSSR count). The topological polar surface area (TPSA) is 50.8 Å². The summed E-state index contributed by atoms with van der Waals surface area (Å²) in [4.78, 5) is 15.0. The molecule has 0 aromatic heterocycles. The molecule has 0 radical (unpaired) electrons. The average Bonchev–Trinajstić information content (AvgIpc) is 3.04. The van der Waals surface area contributed by atoms with Gasteiger partial charge in [0, 0.05) is 29.1 Å². The van der Waals surface area contributed by atoms with Crippen LogP contribution >= 0.6 is 11.6 Å². The van der Waals surface area contributed by atoms with Crippen LogP contribution in [0.25, 0.3) is 6.08 Å². The standard InChI is InChI=1S/C30H31ClN2O3/c1-20-8-10-25-24(16-20)29(2,3)30(32-28(34)13-15-33(25)30)14-12-21-9-11-26(27(18-21)35-4)36-19-22-6-5-7-23(31)17-22/h5-12,14,16-18H,13,15,19H2,1-4H3,(H,32,34)/b14-12+/t30-/m0/s1. The van der Waals surface area contributed by atoms with Gasteiger partial charge in [0.15, 0.2) is 11.5 Å². The van der Waals surface area contributed by atoms with Crippen LogP contribution in [0.5, 0.6) is 11.5 Å². The Morgan fingerprint density at radius 1 is 1.08 bits per heavy atom. The number of amides is 1. The van der Waals surface area contributed by atoms with E-state index in [0.717, 1.165) is 11.1 Å². The van der Waals surface area contributed by atoms with Crippen molar-refractivity contribution in [2.24, 2.45) is 0 Å². The Morgan fingerprint density at radius 2 is 1.92 bits per heavy atom. The minimum atomic E-state index is -0.659. The molecule has 1 N–H and O–H groups in total. The first-order valence-corrected chi connectivity index (χ1v) is 12.6. The van der Waals surface area contributed by atoms with Gasteiger partial charge in [-0.15, -0.1) is 0 Å². The normalized spacial score (nSPS) is 20.1. The zero-order valence-corrected chi connectivity index (χ0v) is 21.9. The molecule has 0 spiro atoms. The first kappa shape index (κ1) is 24.3. The molecular formula is C30H31ClN2O3. The fraction of sp³-hybridized carbons (Fsp3) is 0.300. The van der Waals surface area contributed by atoms with Crippen LogP contribution in [0.4, 0.5) is 5.69 Å². The van der Waals surface area contributed by atoms with Crippen molar-refractivity contribution in [2.45, 2.75) is 44.9 Å². The van der Waals surface area contributed by atoms with Crippen molar-refractivity contribution in [3.8, 4) is 11.5 Å². The van der Waals surface area contributed by atoms with Gasteiger partial charge >= 0.3 is 0 Å². The SMILES string of the molecule is COc1cc(/C=C/[C@]23NC(=O)CCN2c2ccc(C)cc2C3(C)C)ccc1OCc1cccc(Cl)c1. The van der Waals surface area contributed by atoms with Crippen LogP contribution in [0, 0.1) is 6.92 Å². The summed E-state index contributed by atoms with van der Waals surface area (Å²) in [5.74, 6) is 1.37. The largest absolute Gasteiger partial charge is 0.493 e. The number of halogens is 1. The highest BCUT2D eigenvalue weighted by molar-refractivity contribution is 6.30. The third kappa shape index (κ3) is 4.11. The monoisotopic (exact) mass is 502 g/mol. The number of nitrogens with one attached hydrogen (secondary N) is 1. The van der Waals surface area contributed by atoms with E-state index in [9.17, 15) is 4.79 Å². The Kier molecular flexibility index (Phi) is 6.21. The summed E-state index contributed by atoms with van der Waals surface area (Å²) < 4.78 is 11.6. The summed E-state index contributed by atoms with van der Waals surface area (Å²) in [6.45, 7) is 7.58. The highest BCUT2D eigenvalue weighted by Crippen LogP contribution is 2.52. The summed E-state index contributed by atoms with van der Waals surface area (Å²) in [5.41, 5.74) is 4.59. The molecule has 0 aliphatic carbocycles. The molecule has 2 aliphatic heterocycles. The Bertz CT molecular complexity index is 1350. The Balaban J connectivity index is 1.45. The lowest BCUT2D eigenvalue weighted by atomic mass is 9.74. The highest BCUT2D eigenvalue weighted by Gasteiger charge is 2.57. The summed E-state index contributed by atoms with van der Waals surface area (Å²) in [7, 11) is 1.63. The first-order chi connectivity index (χ1) is 17.2. The van der Waals surface area contributed by atoms with E-state index in [1.165, 1.54) is 16.8 Å². The van der Waals surface area contributed by atoms with Crippen LogP contribution in [-0.2, 0) is 16.8 Å². The predicted molar refractivity (Wildman–Crippen MR) is 145 cm³/mol. The molecule has 3 aromatic rings. The number of hydrogen-bond acceptors (Lipinski definition) is 4. The number of fused-ring (bicyclic) bond motifs is 3. The second-order valence-electron chi connectivity index (χ2n) is 10.0. The van der Waals surface area contributed by atoms with Gasteiger partial charge in [-0.2, -0.15) is 0 Å². The summed E-state index contributed by atoms with van der Waals surface area (Å²) in [6, 6.07) is 20.0. The van der Waals surface area contributed by atoms with Crippen molar-refractivity contribution < 1.29 is 14.3 Å². The molecule has 3 aromatic carbocycles. The number of rotatable bonds is 6. The van der Waals surface area contributed by atoms with E-state index in [4.69, 9.17) is 21.1 Å². The van der Waals surface area contributed by atoms with Gasteiger partial charge in [0.1, 0.15) is 12.3 Å². The van der Waals surface area contributed by atoms with Crippen LogP contribution in [0.15, 0.2) is 66.7 Å². The van der Waals surface area contributed by atoms with E-state index in [1.54, 1.807) is 7.11 Å². The van der Waals surface area contributed by atoms with E-state index in [-0.39, 0.29) is 11.3 Å². The van der Waals surface area contributed by atoms with Gasteiger partial charge in [-0.1, -0.05) is 67.4 Å². The predicted octanol–water partition coefficient (Wildman–Crippen LogP) is 6.26. The summed E-state index contributed by atoms with van der Waals surface area (Å²) >= 11 is 6.09. The minimum Gasteiger partial charge on any atom is -0.493 e.